The van der Waals surface area contributed by atoms with Crippen molar-refractivity contribution in [2.24, 2.45) is 0 Å². The molecular weight excluding hydrogens is 350 g/mol. The van der Waals surface area contributed by atoms with Gasteiger partial charge < -0.3 is 4.42 Å². The van der Waals surface area contributed by atoms with Gasteiger partial charge in [-0.1, -0.05) is 49.4 Å². The van der Waals surface area contributed by atoms with Gasteiger partial charge >= 0.3 is 0 Å². The smallest absolute Gasteiger partial charge is 0.258 e. The standard InChI is InChI=1S/C24H28NOS/c1-14(2)22-16(4)25(23(27-22)24(5,6)7)20-15(3)12-13-18-17-10-8-9-11-19(17)26-21(18)20/h8-14H,1-7H3/q+1. The van der Waals surface area contributed by atoms with Crippen LogP contribution in [0.1, 0.15) is 61.7 Å². The monoisotopic (exact) mass is 378 g/mol. The van der Waals surface area contributed by atoms with Crippen LogP contribution in [0.25, 0.3) is 27.6 Å². The molecule has 2 heterocycles. The van der Waals surface area contributed by atoms with Crippen LogP contribution >= 0.6 is 11.3 Å². The highest BCUT2D eigenvalue weighted by Gasteiger charge is 2.37. The highest BCUT2D eigenvalue weighted by molar-refractivity contribution is 7.11. The van der Waals surface area contributed by atoms with Crippen LogP contribution in [0.15, 0.2) is 40.8 Å². The van der Waals surface area contributed by atoms with Crippen molar-refractivity contribution in [1.29, 1.82) is 0 Å². The molecule has 0 fully saturated rings. The predicted molar refractivity (Wildman–Crippen MR) is 115 cm³/mol. The van der Waals surface area contributed by atoms with Gasteiger partial charge in [0.2, 0.25) is 10.6 Å². The lowest BCUT2D eigenvalue weighted by molar-refractivity contribution is -0.608. The first kappa shape index (κ1) is 18.2. The van der Waals surface area contributed by atoms with E-state index in [9.17, 15) is 0 Å². The second-order valence-corrected chi connectivity index (χ2v) is 9.83. The highest BCUT2D eigenvalue weighted by Crippen LogP contribution is 2.37. The summed E-state index contributed by atoms with van der Waals surface area (Å²) in [6.45, 7) is 15.9. The Labute approximate surface area is 165 Å². The van der Waals surface area contributed by atoms with E-state index < -0.39 is 0 Å². The third-order valence-corrected chi connectivity index (χ3v) is 7.19. The molecule has 0 amide bonds. The molecule has 2 aromatic heterocycles. The maximum Gasteiger partial charge on any atom is 0.258 e. The number of thiazole rings is 1. The third kappa shape index (κ3) is 2.80. The molecule has 2 nitrogen and oxygen atoms in total. The van der Waals surface area contributed by atoms with Crippen LogP contribution in [0.4, 0.5) is 0 Å². The molecule has 0 aliphatic carbocycles. The highest BCUT2D eigenvalue weighted by atomic mass is 32.1. The number of fused-ring (bicyclic) bond motifs is 3. The van der Waals surface area contributed by atoms with E-state index >= 15 is 0 Å². The van der Waals surface area contributed by atoms with Gasteiger partial charge in [0, 0.05) is 23.3 Å². The minimum Gasteiger partial charge on any atom is -0.449 e. The Kier molecular flexibility index (Phi) is 4.19. The normalized spacial score (nSPS) is 12.6. The molecule has 140 valence electrons. The fourth-order valence-corrected chi connectivity index (χ4v) is 5.24. The first-order chi connectivity index (χ1) is 12.7. The summed E-state index contributed by atoms with van der Waals surface area (Å²) in [6.07, 6.45) is 0. The zero-order valence-electron chi connectivity index (χ0n) is 17.3. The molecule has 0 unspecified atom stereocenters. The van der Waals surface area contributed by atoms with Crippen LogP contribution in [0, 0.1) is 13.8 Å². The second kappa shape index (κ2) is 6.20. The topological polar surface area (TPSA) is 17.0 Å². The van der Waals surface area contributed by atoms with E-state index in [0.717, 1.165) is 11.2 Å². The van der Waals surface area contributed by atoms with Gasteiger partial charge in [-0.2, -0.15) is 0 Å². The van der Waals surface area contributed by atoms with E-state index in [0.29, 0.717) is 5.92 Å². The van der Waals surface area contributed by atoms with Crippen LogP contribution in [0.3, 0.4) is 0 Å². The number of aromatic nitrogens is 1. The van der Waals surface area contributed by atoms with Gasteiger partial charge in [-0.05, 0) is 45.7 Å². The molecule has 0 saturated carbocycles. The molecule has 3 heteroatoms. The van der Waals surface area contributed by atoms with Gasteiger partial charge in [0.15, 0.2) is 5.69 Å². The Morgan fingerprint density at radius 2 is 1.67 bits per heavy atom. The Morgan fingerprint density at radius 1 is 0.963 bits per heavy atom. The van der Waals surface area contributed by atoms with Crippen molar-refractivity contribution in [3.8, 4) is 5.69 Å². The number of para-hydroxylation sites is 1. The summed E-state index contributed by atoms with van der Waals surface area (Å²) in [5.74, 6) is 0.507. The van der Waals surface area contributed by atoms with Crippen LogP contribution in [-0.2, 0) is 5.41 Å². The molecule has 4 aromatic rings. The van der Waals surface area contributed by atoms with Crippen molar-refractivity contribution in [1.82, 2.24) is 0 Å². The molecule has 0 saturated heterocycles. The lowest BCUT2D eigenvalue weighted by Gasteiger charge is -2.14. The van der Waals surface area contributed by atoms with Crippen LogP contribution < -0.4 is 4.57 Å². The molecule has 0 N–H and O–H groups in total. The van der Waals surface area contributed by atoms with Crippen LogP contribution in [0.2, 0.25) is 0 Å². The zero-order chi connectivity index (χ0) is 19.5. The largest absolute Gasteiger partial charge is 0.449 e. The third-order valence-electron chi connectivity index (χ3n) is 5.21. The summed E-state index contributed by atoms with van der Waals surface area (Å²) < 4.78 is 8.85. The number of furan rings is 1. The quantitative estimate of drug-likeness (QED) is 0.344. The number of nitrogens with zero attached hydrogens (tertiary/aromatic N) is 1. The molecular formula is C24H28NOS+. The minimum absolute atomic E-state index is 0.0587. The summed E-state index contributed by atoms with van der Waals surface area (Å²) in [4.78, 5) is 1.45. The summed E-state index contributed by atoms with van der Waals surface area (Å²) in [5.41, 5.74) is 5.76. The average molecular weight is 379 g/mol. The van der Waals surface area contributed by atoms with Gasteiger partial charge in [-0.15, -0.1) is 4.57 Å². The Hall–Kier alpha value is -2.13. The van der Waals surface area contributed by atoms with Gasteiger partial charge in [0.1, 0.15) is 5.58 Å². The van der Waals surface area contributed by atoms with E-state index in [-0.39, 0.29) is 5.41 Å². The van der Waals surface area contributed by atoms with E-state index in [1.165, 1.54) is 37.6 Å². The maximum absolute atomic E-state index is 6.40. The van der Waals surface area contributed by atoms with Crippen LogP contribution in [0.5, 0.6) is 0 Å². The second-order valence-electron chi connectivity index (χ2n) is 8.80. The van der Waals surface area contributed by atoms with E-state index in [1.54, 1.807) is 0 Å². The van der Waals surface area contributed by atoms with Gasteiger partial charge in [0.25, 0.3) is 5.69 Å². The van der Waals surface area contributed by atoms with Crippen molar-refractivity contribution < 1.29 is 8.98 Å². The number of aryl methyl sites for hydroxylation is 1. The summed E-state index contributed by atoms with van der Waals surface area (Å²) in [6, 6.07) is 12.8. The lowest BCUT2D eigenvalue weighted by atomic mass is 9.97. The summed E-state index contributed by atoms with van der Waals surface area (Å²) in [7, 11) is 0. The Balaban J connectivity index is 2.16. The molecule has 27 heavy (non-hydrogen) atoms. The number of rotatable bonds is 2. The molecule has 0 radical (unpaired) electrons. The summed E-state index contributed by atoms with van der Waals surface area (Å²) in [5, 5.41) is 3.75. The molecule has 0 atom stereocenters. The lowest BCUT2D eigenvalue weighted by Crippen LogP contribution is -2.41. The molecule has 4 rings (SSSR count). The number of hydrogen-bond donors (Lipinski definition) is 0. The summed E-state index contributed by atoms with van der Waals surface area (Å²) >= 11 is 1.94. The first-order valence-electron chi connectivity index (χ1n) is 9.67. The van der Waals surface area contributed by atoms with Crippen molar-refractivity contribution >= 4 is 33.3 Å². The van der Waals surface area contributed by atoms with Crippen molar-refractivity contribution in [3.63, 3.8) is 0 Å². The van der Waals surface area contributed by atoms with Crippen molar-refractivity contribution in [2.45, 2.75) is 59.8 Å². The molecule has 0 spiro atoms. The van der Waals surface area contributed by atoms with E-state index in [1.807, 2.05) is 17.4 Å². The SMILES string of the molecule is Cc1ccc2c(oc3ccccc32)c1-[n+]1c(C(C)(C)C)sc(C(C)C)c1C. The average Bonchev–Trinajstić information content (AvgIpc) is 3.13. The van der Waals surface area contributed by atoms with E-state index in [4.69, 9.17) is 4.42 Å². The van der Waals surface area contributed by atoms with Gasteiger partial charge in [-0.3, -0.25) is 0 Å². The minimum atomic E-state index is 0.0587. The fourth-order valence-electron chi connectivity index (χ4n) is 3.93. The fraction of sp³-hybridized carbons (Fsp3) is 0.375. The molecule has 0 aliphatic rings. The molecule has 0 bridgehead atoms. The van der Waals surface area contributed by atoms with Crippen molar-refractivity contribution in [2.75, 3.05) is 0 Å². The zero-order valence-corrected chi connectivity index (χ0v) is 18.1. The van der Waals surface area contributed by atoms with E-state index in [2.05, 4.69) is 83.4 Å². The Bertz CT molecular complexity index is 1150. The van der Waals surface area contributed by atoms with Gasteiger partial charge in [-0.25, -0.2) is 0 Å². The number of hydrogen-bond acceptors (Lipinski definition) is 2. The molecule has 2 aromatic carbocycles. The molecule has 0 aliphatic heterocycles. The number of benzene rings is 2. The maximum atomic E-state index is 6.40. The first-order valence-corrected chi connectivity index (χ1v) is 10.5. The van der Waals surface area contributed by atoms with Crippen LogP contribution in [-0.4, -0.2) is 0 Å². The van der Waals surface area contributed by atoms with Gasteiger partial charge in [0.05, 0.1) is 10.3 Å². The predicted octanol–water partition coefficient (Wildman–Crippen LogP) is 6.96. The van der Waals surface area contributed by atoms with Crippen molar-refractivity contribution in [3.05, 3.63) is 57.5 Å². The Morgan fingerprint density at radius 3 is 2.33 bits per heavy atom.